The van der Waals surface area contributed by atoms with Crippen LogP contribution in [0.1, 0.15) is 16.8 Å². The van der Waals surface area contributed by atoms with Gasteiger partial charge in [-0.2, -0.15) is 0 Å². The Labute approximate surface area is 118 Å². The maximum atomic E-state index is 13.2. The van der Waals surface area contributed by atoms with E-state index in [1.165, 1.54) is 12.3 Å². The zero-order valence-electron chi connectivity index (χ0n) is 9.69. The molecule has 7 heteroatoms. The monoisotopic (exact) mass is 295 g/mol. The number of halogens is 3. The first-order valence-electron chi connectivity index (χ1n) is 5.36. The van der Waals surface area contributed by atoms with E-state index in [0.717, 1.165) is 25.7 Å². The minimum atomic E-state index is -0.579. The van der Waals surface area contributed by atoms with Crippen LogP contribution in [-0.4, -0.2) is 30.5 Å². The molecule has 0 radical (unpaired) electrons. The van der Waals surface area contributed by atoms with Crippen molar-refractivity contribution in [1.82, 2.24) is 15.6 Å². The molecule has 1 aromatic rings. The van der Waals surface area contributed by atoms with E-state index in [9.17, 15) is 9.18 Å². The fourth-order valence-electron chi connectivity index (χ4n) is 1.78. The first kappa shape index (κ1) is 17.1. The van der Waals surface area contributed by atoms with E-state index >= 15 is 0 Å². The van der Waals surface area contributed by atoms with Gasteiger partial charge in [0.15, 0.2) is 5.82 Å². The molecule has 1 unspecified atom stereocenters. The number of nitrogens with one attached hydrogen (secondary N) is 2. The highest BCUT2D eigenvalue weighted by atomic mass is 35.5. The van der Waals surface area contributed by atoms with Crippen LogP contribution in [0.2, 0.25) is 0 Å². The number of pyridine rings is 1. The van der Waals surface area contributed by atoms with E-state index in [0.29, 0.717) is 12.5 Å². The van der Waals surface area contributed by atoms with Crippen molar-refractivity contribution in [3.05, 3.63) is 29.8 Å². The predicted octanol–water partition coefficient (Wildman–Crippen LogP) is 1.40. The van der Waals surface area contributed by atoms with Crippen LogP contribution in [-0.2, 0) is 0 Å². The molecule has 0 spiro atoms. The molecule has 1 aliphatic rings. The minimum absolute atomic E-state index is 0. The first-order chi connectivity index (χ1) is 7.77. The highest BCUT2D eigenvalue weighted by molar-refractivity contribution is 5.94. The summed E-state index contributed by atoms with van der Waals surface area (Å²) in [6.07, 6.45) is 3.51. The summed E-state index contributed by atoms with van der Waals surface area (Å²) in [6.45, 7) is 2.50. The third-order valence-electron chi connectivity index (χ3n) is 2.73. The molecule has 0 aromatic carbocycles. The van der Waals surface area contributed by atoms with Gasteiger partial charge in [-0.15, -0.1) is 24.8 Å². The summed E-state index contributed by atoms with van der Waals surface area (Å²) in [5.74, 6) is -0.495. The molecule has 18 heavy (non-hydrogen) atoms. The number of amides is 1. The summed E-state index contributed by atoms with van der Waals surface area (Å²) in [5, 5.41) is 5.95. The van der Waals surface area contributed by atoms with Gasteiger partial charge in [-0.05, 0) is 31.5 Å². The van der Waals surface area contributed by atoms with Crippen LogP contribution < -0.4 is 10.6 Å². The SMILES string of the molecule is Cl.Cl.O=C(NCC1CCNC1)c1ccncc1F. The second-order valence-corrected chi connectivity index (χ2v) is 3.92. The summed E-state index contributed by atoms with van der Waals surface area (Å²) in [4.78, 5) is 15.2. The zero-order chi connectivity index (χ0) is 11.4. The number of hydrogen-bond donors (Lipinski definition) is 2. The van der Waals surface area contributed by atoms with Crippen molar-refractivity contribution in [1.29, 1.82) is 0 Å². The van der Waals surface area contributed by atoms with Gasteiger partial charge in [0.05, 0.1) is 11.8 Å². The summed E-state index contributed by atoms with van der Waals surface area (Å²) in [7, 11) is 0. The summed E-state index contributed by atoms with van der Waals surface area (Å²) in [5.41, 5.74) is 0.0564. The standard InChI is InChI=1S/C11H14FN3O.2ClH/c12-10-7-14-4-2-9(10)11(16)15-6-8-1-3-13-5-8;;/h2,4,7-8,13H,1,3,5-6H2,(H,15,16);2*1H. The van der Waals surface area contributed by atoms with E-state index < -0.39 is 5.82 Å². The maximum absolute atomic E-state index is 13.2. The fraction of sp³-hybridized carbons (Fsp3) is 0.455. The van der Waals surface area contributed by atoms with Gasteiger partial charge in [0.1, 0.15) is 0 Å². The Morgan fingerprint density at radius 1 is 1.56 bits per heavy atom. The van der Waals surface area contributed by atoms with Crippen LogP contribution in [0.25, 0.3) is 0 Å². The van der Waals surface area contributed by atoms with Crippen LogP contribution in [0.3, 0.4) is 0 Å². The van der Waals surface area contributed by atoms with E-state index in [4.69, 9.17) is 0 Å². The second-order valence-electron chi connectivity index (χ2n) is 3.92. The lowest BCUT2D eigenvalue weighted by atomic mass is 10.1. The average Bonchev–Trinajstić information content (AvgIpc) is 2.79. The maximum Gasteiger partial charge on any atom is 0.254 e. The molecular formula is C11H16Cl2FN3O. The van der Waals surface area contributed by atoms with Gasteiger partial charge in [0, 0.05) is 12.7 Å². The first-order valence-corrected chi connectivity index (χ1v) is 5.36. The van der Waals surface area contributed by atoms with Crippen LogP contribution in [0.5, 0.6) is 0 Å². The molecule has 1 fully saturated rings. The molecule has 2 N–H and O–H groups in total. The molecule has 1 atom stereocenters. The van der Waals surface area contributed by atoms with Crippen LogP contribution in [0, 0.1) is 11.7 Å². The summed E-state index contributed by atoms with van der Waals surface area (Å²) in [6, 6.07) is 1.39. The van der Waals surface area contributed by atoms with Crippen molar-refractivity contribution in [2.45, 2.75) is 6.42 Å². The van der Waals surface area contributed by atoms with Gasteiger partial charge in [0.25, 0.3) is 5.91 Å². The Kier molecular flexibility index (Phi) is 7.82. The summed E-state index contributed by atoms with van der Waals surface area (Å²) >= 11 is 0. The number of carbonyl (C=O) groups is 1. The number of nitrogens with zero attached hydrogens (tertiary/aromatic N) is 1. The average molecular weight is 296 g/mol. The Morgan fingerprint density at radius 3 is 2.94 bits per heavy atom. The smallest absolute Gasteiger partial charge is 0.254 e. The van der Waals surface area contributed by atoms with Crippen molar-refractivity contribution in [3.63, 3.8) is 0 Å². The topological polar surface area (TPSA) is 54.0 Å². The van der Waals surface area contributed by atoms with Crippen LogP contribution in [0.15, 0.2) is 18.5 Å². The molecular weight excluding hydrogens is 280 g/mol. The number of aromatic nitrogens is 1. The zero-order valence-corrected chi connectivity index (χ0v) is 11.3. The van der Waals surface area contributed by atoms with Crippen LogP contribution >= 0.6 is 24.8 Å². The molecule has 2 heterocycles. The highest BCUT2D eigenvalue weighted by Gasteiger charge is 2.17. The molecule has 0 saturated carbocycles. The molecule has 1 aliphatic heterocycles. The normalized spacial score (nSPS) is 17.5. The second kappa shape index (κ2) is 8.24. The molecule has 1 amide bonds. The van der Waals surface area contributed by atoms with Crippen molar-refractivity contribution in [2.24, 2.45) is 5.92 Å². The highest BCUT2D eigenvalue weighted by Crippen LogP contribution is 2.07. The van der Waals surface area contributed by atoms with Gasteiger partial charge in [-0.1, -0.05) is 0 Å². The molecule has 4 nitrogen and oxygen atoms in total. The molecule has 1 saturated heterocycles. The molecule has 1 aromatic heterocycles. The van der Waals surface area contributed by atoms with E-state index in [1.54, 1.807) is 0 Å². The number of rotatable bonds is 3. The van der Waals surface area contributed by atoms with Gasteiger partial charge >= 0.3 is 0 Å². The molecule has 2 rings (SSSR count). The van der Waals surface area contributed by atoms with E-state index in [-0.39, 0.29) is 36.3 Å². The lowest BCUT2D eigenvalue weighted by molar-refractivity contribution is 0.0944. The lowest BCUT2D eigenvalue weighted by Crippen LogP contribution is -2.30. The Morgan fingerprint density at radius 2 is 2.33 bits per heavy atom. The van der Waals surface area contributed by atoms with Gasteiger partial charge < -0.3 is 10.6 Å². The van der Waals surface area contributed by atoms with Crippen LogP contribution in [0.4, 0.5) is 4.39 Å². The van der Waals surface area contributed by atoms with E-state index in [1.807, 2.05) is 0 Å². The third-order valence-corrected chi connectivity index (χ3v) is 2.73. The largest absolute Gasteiger partial charge is 0.352 e. The lowest BCUT2D eigenvalue weighted by Gasteiger charge is -2.10. The number of hydrogen-bond acceptors (Lipinski definition) is 3. The molecule has 102 valence electrons. The minimum Gasteiger partial charge on any atom is -0.352 e. The summed E-state index contributed by atoms with van der Waals surface area (Å²) < 4.78 is 13.2. The molecule has 0 aliphatic carbocycles. The quantitative estimate of drug-likeness (QED) is 0.886. The fourth-order valence-corrected chi connectivity index (χ4v) is 1.78. The van der Waals surface area contributed by atoms with E-state index in [2.05, 4.69) is 15.6 Å². The van der Waals surface area contributed by atoms with Gasteiger partial charge in [-0.25, -0.2) is 4.39 Å². The Bertz CT molecular complexity index is 386. The molecule has 0 bridgehead atoms. The third kappa shape index (κ3) is 4.40. The number of carbonyl (C=O) groups excluding carboxylic acids is 1. The predicted molar refractivity (Wildman–Crippen MR) is 72.0 cm³/mol. The van der Waals surface area contributed by atoms with Crippen molar-refractivity contribution in [3.8, 4) is 0 Å². The van der Waals surface area contributed by atoms with Crippen molar-refractivity contribution >= 4 is 30.7 Å². The van der Waals surface area contributed by atoms with Gasteiger partial charge in [-0.3, -0.25) is 9.78 Å². The van der Waals surface area contributed by atoms with Crippen molar-refractivity contribution < 1.29 is 9.18 Å². The Hall–Kier alpha value is -0.910. The van der Waals surface area contributed by atoms with Crippen molar-refractivity contribution in [2.75, 3.05) is 19.6 Å². The Balaban J connectivity index is 0.00000144. The van der Waals surface area contributed by atoms with Gasteiger partial charge in [0.2, 0.25) is 0 Å².